The van der Waals surface area contributed by atoms with Crippen molar-refractivity contribution in [2.45, 2.75) is 11.9 Å². The van der Waals surface area contributed by atoms with Crippen molar-refractivity contribution in [3.8, 4) is 0 Å². The fraction of sp³-hybridized carbons (Fsp3) is 0.286. The van der Waals surface area contributed by atoms with Gasteiger partial charge in [0.2, 0.25) is 0 Å². The van der Waals surface area contributed by atoms with Gasteiger partial charge in [-0.05, 0) is 0 Å². The van der Waals surface area contributed by atoms with Crippen LogP contribution in [0.15, 0.2) is 18.9 Å². The minimum atomic E-state index is -4.97. The van der Waals surface area contributed by atoms with E-state index >= 15 is 0 Å². The molecule has 0 spiro atoms. The van der Waals surface area contributed by atoms with Gasteiger partial charge in [0.1, 0.15) is 11.8 Å². The second kappa shape index (κ2) is 4.75. The van der Waals surface area contributed by atoms with E-state index in [0.717, 1.165) is 0 Å². The van der Waals surface area contributed by atoms with Crippen LogP contribution in [0.3, 0.4) is 0 Å². The molecule has 19 heavy (non-hydrogen) atoms. The summed E-state index contributed by atoms with van der Waals surface area (Å²) in [6, 6.07) is 0. The highest BCUT2D eigenvalue weighted by atomic mass is 31.2. The fourth-order valence-electron chi connectivity index (χ4n) is 1.53. The lowest BCUT2D eigenvalue weighted by atomic mass is 10.5. The van der Waals surface area contributed by atoms with E-state index in [1.165, 1.54) is 23.4 Å². The van der Waals surface area contributed by atoms with Crippen molar-refractivity contribution < 1.29 is 28.7 Å². The third kappa shape index (κ3) is 3.06. The highest BCUT2D eigenvalue weighted by molar-refractivity contribution is 7.70. The molecule has 12 heteroatoms. The molecule has 0 radical (unpaired) electrons. The Kier molecular flexibility index (Phi) is 3.57. The van der Waals surface area contributed by atoms with Gasteiger partial charge in [-0.25, -0.2) is 15.0 Å². The van der Waals surface area contributed by atoms with E-state index in [1.807, 2.05) is 0 Å². The molecule has 0 bridgehead atoms. The number of aromatic nitrogens is 4. The van der Waals surface area contributed by atoms with E-state index in [2.05, 4.69) is 15.0 Å². The first-order chi connectivity index (χ1) is 8.69. The normalized spacial score (nSPS) is 13.3. The van der Waals surface area contributed by atoms with Gasteiger partial charge in [-0.3, -0.25) is 9.13 Å². The van der Waals surface area contributed by atoms with Crippen LogP contribution in [0.5, 0.6) is 0 Å². The molecule has 0 aromatic carbocycles. The summed E-state index contributed by atoms with van der Waals surface area (Å²) in [5.74, 6) is 0. The van der Waals surface area contributed by atoms with E-state index in [4.69, 9.17) is 19.6 Å². The standard InChI is InChI=1S/C7H10N4O6P2/c12-18(13,14)6(19(15,16)17)2-11-4-10-7-5(11)1-8-3-9-7/h1,3-4,6H,2H2,(H2,12,13,14)(H2,15,16,17). The third-order valence-electron chi connectivity index (χ3n) is 2.44. The molecule has 4 N–H and O–H groups in total. The van der Waals surface area contributed by atoms with Crippen LogP contribution in [0.2, 0.25) is 0 Å². The van der Waals surface area contributed by atoms with Crippen LogP contribution in [0.4, 0.5) is 0 Å². The van der Waals surface area contributed by atoms with Gasteiger partial charge in [0, 0.05) is 0 Å². The maximum absolute atomic E-state index is 11.2. The molecule has 0 aliphatic carbocycles. The number of hydrogen-bond acceptors (Lipinski definition) is 5. The van der Waals surface area contributed by atoms with Crippen LogP contribution < -0.4 is 0 Å². The van der Waals surface area contributed by atoms with E-state index in [1.54, 1.807) is 0 Å². The van der Waals surface area contributed by atoms with Crippen LogP contribution in [-0.4, -0.2) is 44.5 Å². The molecule has 2 aromatic rings. The zero-order valence-electron chi connectivity index (χ0n) is 9.31. The van der Waals surface area contributed by atoms with Gasteiger partial charge in [-0.2, -0.15) is 0 Å². The monoisotopic (exact) mass is 308 g/mol. The maximum Gasteiger partial charge on any atom is 0.342 e. The fourth-order valence-corrected chi connectivity index (χ4v) is 3.88. The molecule has 0 aliphatic rings. The Hall–Kier alpha value is -1.15. The molecular weight excluding hydrogens is 298 g/mol. The molecule has 2 aromatic heterocycles. The first kappa shape index (κ1) is 14.3. The van der Waals surface area contributed by atoms with Crippen LogP contribution >= 0.6 is 15.2 Å². The number of nitrogens with zero attached hydrogens (tertiary/aromatic N) is 4. The molecule has 2 rings (SSSR count). The van der Waals surface area contributed by atoms with Crippen LogP contribution in [0.25, 0.3) is 11.2 Å². The van der Waals surface area contributed by atoms with E-state index in [0.29, 0.717) is 5.52 Å². The van der Waals surface area contributed by atoms with E-state index in [-0.39, 0.29) is 5.65 Å². The summed E-state index contributed by atoms with van der Waals surface area (Å²) in [5.41, 5.74) is 0.597. The highest BCUT2D eigenvalue weighted by Gasteiger charge is 2.43. The van der Waals surface area contributed by atoms with Crippen molar-refractivity contribution in [1.82, 2.24) is 19.5 Å². The minimum Gasteiger partial charge on any atom is -0.326 e. The Morgan fingerprint density at radius 2 is 1.79 bits per heavy atom. The first-order valence-electron chi connectivity index (χ1n) is 4.91. The Morgan fingerprint density at radius 3 is 2.37 bits per heavy atom. The number of fused-ring (bicyclic) bond motifs is 1. The lowest BCUT2D eigenvalue weighted by molar-refractivity contribution is 0.332. The van der Waals surface area contributed by atoms with Crippen molar-refractivity contribution in [2.24, 2.45) is 0 Å². The summed E-state index contributed by atoms with van der Waals surface area (Å²) in [4.78, 5) is 47.5. The third-order valence-corrected chi connectivity index (χ3v) is 6.12. The second-order valence-corrected chi connectivity index (χ2v) is 7.80. The van der Waals surface area contributed by atoms with Gasteiger partial charge in [0.25, 0.3) is 0 Å². The molecule has 0 saturated heterocycles. The van der Waals surface area contributed by atoms with Crippen molar-refractivity contribution in [3.05, 3.63) is 18.9 Å². The Morgan fingerprint density at radius 1 is 1.16 bits per heavy atom. The summed E-state index contributed by atoms with van der Waals surface area (Å²) in [7, 11) is -9.94. The Balaban J connectivity index is 2.43. The van der Waals surface area contributed by atoms with Crippen LogP contribution in [0, 0.1) is 0 Å². The van der Waals surface area contributed by atoms with Crippen molar-refractivity contribution in [1.29, 1.82) is 0 Å². The number of rotatable bonds is 4. The highest BCUT2D eigenvalue weighted by Crippen LogP contribution is 2.60. The summed E-state index contributed by atoms with van der Waals surface area (Å²) in [5, 5.41) is -2.13. The summed E-state index contributed by atoms with van der Waals surface area (Å²) in [6.45, 7) is -0.585. The number of imidazole rings is 1. The average Bonchev–Trinajstić information content (AvgIpc) is 2.66. The molecule has 0 atom stereocenters. The first-order valence-corrected chi connectivity index (χ1v) is 8.27. The van der Waals surface area contributed by atoms with Gasteiger partial charge >= 0.3 is 15.2 Å². The van der Waals surface area contributed by atoms with Crippen molar-refractivity contribution >= 4 is 26.4 Å². The quantitative estimate of drug-likeness (QED) is 0.546. The molecule has 0 aliphatic heterocycles. The molecule has 10 nitrogen and oxygen atoms in total. The molecule has 0 fully saturated rings. The van der Waals surface area contributed by atoms with Crippen molar-refractivity contribution in [2.75, 3.05) is 0 Å². The molecule has 2 heterocycles. The minimum absolute atomic E-state index is 0.269. The van der Waals surface area contributed by atoms with E-state index in [9.17, 15) is 9.13 Å². The molecule has 0 unspecified atom stereocenters. The predicted octanol–water partition coefficient (Wildman–Crippen LogP) is -0.492. The Labute approximate surface area is 106 Å². The van der Waals surface area contributed by atoms with Crippen LogP contribution in [-0.2, 0) is 15.7 Å². The van der Waals surface area contributed by atoms with Crippen LogP contribution in [0.1, 0.15) is 0 Å². The van der Waals surface area contributed by atoms with Gasteiger partial charge < -0.3 is 24.1 Å². The molecule has 0 amide bonds. The van der Waals surface area contributed by atoms with Gasteiger partial charge in [-0.15, -0.1) is 0 Å². The Bertz CT molecular complexity index is 668. The predicted molar refractivity (Wildman–Crippen MR) is 63.2 cm³/mol. The maximum atomic E-state index is 11.2. The zero-order valence-corrected chi connectivity index (χ0v) is 11.1. The zero-order chi connectivity index (χ0) is 14.3. The van der Waals surface area contributed by atoms with Gasteiger partial charge in [0.05, 0.1) is 19.1 Å². The lowest BCUT2D eigenvalue weighted by Gasteiger charge is -2.19. The van der Waals surface area contributed by atoms with Crippen molar-refractivity contribution in [3.63, 3.8) is 0 Å². The average molecular weight is 308 g/mol. The second-order valence-electron chi connectivity index (χ2n) is 3.79. The van der Waals surface area contributed by atoms with Gasteiger partial charge in [-0.1, -0.05) is 0 Å². The lowest BCUT2D eigenvalue weighted by Crippen LogP contribution is -2.17. The summed E-state index contributed by atoms with van der Waals surface area (Å²) < 4.78 is 23.5. The van der Waals surface area contributed by atoms with E-state index < -0.39 is 27.1 Å². The molecular formula is C7H10N4O6P2. The summed E-state index contributed by atoms with van der Waals surface area (Å²) in [6.07, 6.45) is 3.77. The SMILES string of the molecule is O=P(O)(O)C(Cn1cnc2ncncc21)P(=O)(O)O. The molecule has 0 saturated carbocycles. The summed E-state index contributed by atoms with van der Waals surface area (Å²) >= 11 is 0. The number of hydrogen-bond donors (Lipinski definition) is 4. The smallest absolute Gasteiger partial charge is 0.326 e. The largest absolute Gasteiger partial charge is 0.342 e. The molecule has 104 valence electrons. The topological polar surface area (TPSA) is 159 Å². The van der Waals surface area contributed by atoms with Gasteiger partial charge in [0.15, 0.2) is 11.0 Å².